The summed E-state index contributed by atoms with van der Waals surface area (Å²) in [4.78, 5) is 22.6. The lowest BCUT2D eigenvalue weighted by Gasteiger charge is -2.24. The van der Waals surface area contributed by atoms with Crippen LogP contribution in [0.3, 0.4) is 0 Å². The first-order valence-electron chi connectivity index (χ1n) is 5.91. The maximum Gasteiger partial charge on any atom is 0.244 e. The molecule has 0 unspecified atom stereocenters. The number of benzene rings is 1. The molecule has 0 radical (unpaired) electrons. The third kappa shape index (κ3) is 3.17. The molecule has 1 fully saturated rings. The normalized spacial score (nSPS) is 17.1. The van der Waals surface area contributed by atoms with Crippen molar-refractivity contribution in [2.45, 2.75) is 11.3 Å². The summed E-state index contributed by atoms with van der Waals surface area (Å²) in [5, 5.41) is 2.06. The quantitative estimate of drug-likeness (QED) is 0.631. The van der Waals surface area contributed by atoms with E-state index < -0.39 is 21.8 Å². The summed E-state index contributed by atoms with van der Waals surface area (Å²) in [7, 11) is -3.84. The summed E-state index contributed by atoms with van der Waals surface area (Å²) in [6.07, 6.45) is 0.645. The zero-order chi connectivity index (χ0) is 14.8. The number of piperazine rings is 1. The first-order chi connectivity index (χ1) is 9.43. The van der Waals surface area contributed by atoms with Crippen LogP contribution >= 0.6 is 11.6 Å². The minimum absolute atomic E-state index is 0.0540. The van der Waals surface area contributed by atoms with Gasteiger partial charge in [0.2, 0.25) is 21.8 Å². The lowest BCUT2D eigenvalue weighted by atomic mass is 10.2. The number of rotatable bonds is 4. The molecule has 0 atom stereocenters. The van der Waals surface area contributed by atoms with Gasteiger partial charge < -0.3 is 0 Å². The Morgan fingerprint density at radius 3 is 2.15 bits per heavy atom. The van der Waals surface area contributed by atoms with Crippen LogP contribution in [-0.4, -0.2) is 43.5 Å². The molecular formula is C12H13ClN2O4S. The molecule has 108 valence electrons. The average molecular weight is 317 g/mol. The van der Waals surface area contributed by atoms with E-state index in [4.69, 9.17) is 11.6 Å². The molecule has 1 aromatic carbocycles. The topological polar surface area (TPSA) is 83.6 Å². The van der Waals surface area contributed by atoms with E-state index in [1.807, 2.05) is 0 Å². The Hall–Kier alpha value is -1.44. The van der Waals surface area contributed by atoms with Crippen LogP contribution in [0.25, 0.3) is 0 Å². The van der Waals surface area contributed by atoms with Crippen molar-refractivity contribution in [2.24, 2.45) is 0 Å². The lowest BCUT2D eigenvalue weighted by Crippen LogP contribution is -2.53. The molecule has 20 heavy (non-hydrogen) atoms. The predicted molar refractivity (Wildman–Crippen MR) is 72.8 cm³/mol. The second-order valence-electron chi connectivity index (χ2n) is 4.33. The number of nitrogens with zero attached hydrogens (tertiary/aromatic N) is 1. The maximum atomic E-state index is 12.3. The molecule has 0 bridgehead atoms. The summed E-state index contributed by atoms with van der Waals surface area (Å²) in [5.74, 6) is -0.792. The maximum absolute atomic E-state index is 12.3. The van der Waals surface area contributed by atoms with Crippen molar-refractivity contribution in [1.82, 2.24) is 9.62 Å². The Kier molecular flexibility index (Phi) is 4.42. The number of hydrogen-bond donors (Lipinski definition) is 1. The molecule has 1 aliphatic rings. The molecule has 8 heteroatoms. The Bertz CT molecular complexity index is 611. The van der Waals surface area contributed by atoms with Crippen LogP contribution in [0.2, 0.25) is 0 Å². The molecule has 2 amide bonds. The van der Waals surface area contributed by atoms with Gasteiger partial charge in [-0.15, -0.1) is 11.6 Å². The fraction of sp³-hybridized carbons (Fsp3) is 0.333. The largest absolute Gasteiger partial charge is 0.294 e. The first-order valence-corrected chi connectivity index (χ1v) is 7.88. The summed E-state index contributed by atoms with van der Waals surface area (Å²) >= 11 is 5.61. The van der Waals surface area contributed by atoms with Gasteiger partial charge >= 0.3 is 0 Å². The second-order valence-corrected chi connectivity index (χ2v) is 6.64. The molecule has 1 saturated heterocycles. The molecule has 1 aliphatic heterocycles. The van der Waals surface area contributed by atoms with Crippen molar-refractivity contribution < 1.29 is 18.0 Å². The molecule has 0 aliphatic carbocycles. The number of sulfonamides is 1. The second kappa shape index (κ2) is 5.90. The number of alkyl halides is 1. The van der Waals surface area contributed by atoms with E-state index in [1.165, 1.54) is 12.1 Å². The van der Waals surface area contributed by atoms with Crippen LogP contribution in [0.5, 0.6) is 0 Å². The van der Waals surface area contributed by atoms with Gasteiger partial charge in [-0.2, -0.15) is 4.31 Å². The van der Waals surface area contributed by atoms with Gasteiger partial charge in [0.15, 0.2) is 0 Å². The molecule has 2 rings (SSSR count). The highest BCUT2D eigenvalue weighted by atomic mass is 35.5. The molecule has 0 saturated carbocycles. The van der Waals surface area contributed by atoms with Crippen molar-refractivity contribution >= 4 is 33.4 Å². The number of aryl methyl sites for hydroxylation is 1. The summed E-state index contributed by atoms with van der Waals surface area (Å²) in [6.45, 7) is -0.699. The Labute approximate surface area is 121 Å². The van der Waals surface area contributed by atoms with Crippen LogP contribution in [0.4, 0.5) is 0 Å². The van der Waals surface area contributed by atoms with Crippen molar-refractivity contribution in [3.05, 3.63) is 29.8 Å². The van der Waals surface area contributed by atoms with Gasteiger partial charge in [-0.05, 0) is 24.1 Å². The van der Waals surface area contributed by atoms with Crippen molar-refractivity contribution in [2.75, 3.05) is 19.0 Å². The van der Waals surface area contributed by atoms with E-state index >= 15 is 0 Å². The van der Waals surface area contributed by atoms with Gasteiger partial charge in [-0.3, -0.25) is 14.9 Å². The molecule has 1 heterocycles. The summed E-state index contributed by atoms with van der Waals surface area (Å²) in [5.41, 5.74) is 0.923. The number of carbonyl (C=O) groups is 2. The van der Waals surface area contributed by atoms with Gasteiger partial charge in [0.25, 0.3) is 0 Å². The van der Waals surface area contributed by atoms with E-state index in [0.29, 0.717) is 12.3 Å². The highest BCUT2D eigenvalue weighted by Gasteiger charge is 2.32. The fourth-order valence-electron chi connectivity index (χ4n) is 1.87. The monoisotopic (exact) mass is 316 g/mol. The lowest BCUT2D eigenvalue weighted by molar-refractivity contribution is -0.134. The highest BCUT2D eigenvalue weighted by molar-refractivity contribution is 7.89. The first kappa shape index (κ1) is 15.0. The Morgan fingerprint density at radius 2 is 1.65 bits per heavy atom. The number of amides is 2. The predicted octanol–water partition coefficient (Wildman–Crippen LogP) is 0.115. The number of hydrogen-bond acceptors (Lipinski definition) is 4. The van der Waals surface area contributed by atoms with Crippen LogP contribution < -0.4 is 5.32 Å². The van der Waals surface area contributed by atoms with Gasteiger partial charge in [-0.1, -0.05) is 12.1 Å². The van der Waals surface area contributed by atoms with Crippen LogP contribution in [0.1, 0.15) is 5.56 Å². The fourth-order valence-corrected chi connectivity index (χ4v) is 3.44. The zero-order valence-electron chi connectivity index (χ0n) is 10.5. The molecule has 0 aromatic heterocycles. The van der Waals surface area contributed by atoms with E-state index in [0.717, 1.165) is 9.87 Å². The average Bonchev–Trinajstić information content (AvgIpc) is 2.38. The smallest absolute Gasteiger partial charge is 0.244 e. The third-order valence-electron chi connectivity index (χ3n) is 2.86. The minimum atomic E-state index is -3.84. The van der Waals surface area contributed by atoms with Gasteiger partial charge in [0.1, 0.15) is 0 Å². The van der Waals surface area contributed by atoms with Crippen LogP contribution in [0, 0.1) is 0 Å². The number of carbonyl (C=O) groups excluding carboxylic acids is 2. The molecule has 1 N–H and O–H groups in total. The molecular weight excluding hydrogens is 304 g/mol. The van der Waals surface area contributed by atoms with Gasteiger partial charge in [-0.25, -0.2) is 8.42 Å². The van der Waals surface area contributed by atoms with Crippen molar-refractivity contribution in [3.63, 3.8) is 0 Å². The number of imide groups is 1. The Morgan fingerprint density at radius 1 is 1.10 bits per heavy atom. The zero-order valence-corrected chi connectivity index (χ0v) is 12.1. The van der Waals surface area contributed by atoms with Gasteiger partial charge in [0.05, 0.1) is 18.0 Å². The van der Waals surface area contributed by atoms with Crippen molar-refractivity contribution in [1.29, 1.82) is 0 Å². The SMILES string of the molecule is O=C1CN(S(=O)(=O)c2ccc(CCCl)cc2)CC(=O)N1. The van der Waals surface area contributed by atoms with E-state index in [1.54, 1.807) is 12.1 Å². The van der Waals surface area contributed by atoms with Crippen LogP contribution in [-0.2, 0) is 26.0 Å². The molecule has 1 aromatic rings. The number of halogens is 1. The molecule has 6 nitrogen and oxygen atoms in total. The highest BCUT2D eigenvalue weighted by Crippen LogP contribution is 2.17. The summed E-state index contributed by atoms with van der Waals surface area (Å²) < 4.78 is 25.5. The third-order valence-corrected chi connectivity index (χ3v) is 4.86. The van der Waals surface area contributed by atoms with Crippen molar-refractivity contribution in [3.8, 4) is 0 Å². The van der Waals surface area contributed by atoms with E-state index in [9.17, 15) is 18.0 Å². The van der Waals surface area contributed by atoms with E-state index in [-0.39, 0.29) is 18.0 Å². The van der Waals surface area contributed by atoms with Crippen LogP contribution in [0.15, 0.2) is 29.2 Å². The van der Waals surface area contributed by atoms with Gasteiger partial charge in [0, 0.05) is 5.88 Å². The van der Waals surface area contributed by atoms with E-state index in [2.05, 4.69) is 5.32 Å². The standard InChI is InChI=1S/C12H13ClN2O4S/c13-6-5-9-1-3-10(4-2-9)20(18,19)15-7-11(16)14-12(17)8-15/h1-4H,5-8H2,(H,14,16,17). The Balaban J connectivity index is 2.25. The summed E-state index contributed by atoms with van der Waals surface area (Å²) in [6, 6.07) is 6.24. The minimum Gasteiger partial charge on any atom is -0.294 e. The molecule has 0 spiro atoms. The number of nitrogens with one attached hydrogen (secondary N) is 1.